The van der Waals surface area contributed by atoms with Gasteiger partial charge in [-0.25, -0.2) is 9.78 Å². The van der Waals surface area contributed by atoms with Gasteiger partial charge in [-0.05, 0) is 58.6 Å². The van der Waals surface area contributed by atoms with Crippen LogP contribution in [0, 0.1) is 0 Å². The number of carbonyl (C=O) groups is 1. The van der Waals surface area contributed by atoms with Crippen molar-refractivity contribution in [3.8, 4) is 0 Å². The molecule has 31 heavy (non-hydrogen) atoms. The van der Waals surface area contributed by atoms with Crippen LogP contribution >= 0.6 is 0 Å². The highest BCUT2D eigenvalue weighted by Crippen LogP contribution is 2.26. The molecule has 1 aliphatic rings. The maximum Gasteiger partial charge on any atom is 0.410 e. The zero-order valence-electron chi connectivity index (χ0n) is 18.9. The highest BCUT2D eigenvalue weighted by atomic mass is 16.7. The number of para-hydroxylation sites is 1. The standard InChI is InChI=1S/C23H33N3O5/c1-23(2,3)31-22(28)26-14-8-12-20(30-16-29-4)19(26)11-7-13-25-15-24-18-10-6-5-9-17(18)21(25)27/h5-6,9-10,15,19-20H,7-8,11-14,16H2,1-4H3/t19-,20+/m1/s1. The molecule has 1 aliphatic heterocycles. The highest BCUT2D eigenvalue weighted by Gasteiger charge is 2.36. The van der Waals surface area contributed by atoms with Crippen molar-refractivity contribution in [1.82, 2.24) is 14.5 Å². The molecular weight excluding hydrogens is 398 g/mol. The van der Waals surface area contributed by atoms with Gasteiger partial charge < -0.3 is 19.1 Å². The molecule has 0 saturated carbocycles. The first kappa shape index (κ1) is 23.2. The smallest absolute Gasteiger partial charge is 0.410 e. The first-order chi connectivity index (χ1) is 14.8. The molecule has 8 heteroatoms. The van der Waals surface area contributed by atoms with Crippen LogP contribution in [0.2, 0.25) is 0 Å². The predicted octanol–water partition coefficient (Wildman–Crippen LogP) is 3.57. The summed E-state index contributed by atoms with van der Waals surface area (Å²) in [6.07, 6.45) is 4.23. The van der Waals surface area contributed by atoms with Gasteiger partial charge in [0.15, 0.2) is 0 Å². The number of amides is 1. The Morgan fingerprint density at radius 2 is 2.03 bits per heavy atom. The second kappa shape index (κ2) is 10.2. The third kappa shape index (κ3) is 6.04. The van der Waals surface area contributed by atoms with Gasteiger partial charge in [-0.2, -0.15) is 0 Å². The number of likely N-dealkylation sites (tertiary alicyclic amines) is 1. The van der Waals surface area contributed by atoms with Gasteiger partial charge >= 0.3 is 6.09 Å². The monoisotopic (exact) mass is 431 g/mol. The third-order valence-electron chi connectivity index (χ3n) is 5.38. The summed E-state index contributed by atoms with van der Waals surface area (Å²) in [5.74, 6) is 0. The molecule has 0 spiro atoms. The van der Waals surface area contributed by atoms with E-state index in [1.807, 2.05) is 39.0 Å². The van der Waals surface area contributed by atoms with Crippen LogP contribution in [0.25, 0.3) is 10.9 Å². The first-order valence-electron chi connectivity index (χ1n) is 10.8. The molecule has 0 N–H and O–H groups in total. The summed E-state index contributed by atoms with van der Waals surface area (Å²) in [6.45, 7) is 6.92. The molecule has 1 fully saturated rings. The maximum absolute atomic E-state index is 12.8. The van der Waals surface area contributed by atoms with Crippen molar-refractivity contribution < 1.29 is 19.0 Å². The second-order valence-electron chi connectivity index (χ2n) is 8.90. The van der Waals surface area contributed by atoms with Gasteiger partial charge in [-0.1, -0.05) is 12.1 Å². The fourth-order valence-corrected chi connectivity index (χ4v) is 4.00. The second-order valence-corrected chi connectivity index (χ2v) is 8.90. The predicted molar refractivity (Wildman–Crippen MR) is 118 cm³/mol. The molecule has 0 aliphatic carbocycles. The van der Waals surface area contributed by atoms with Crippen LogP contribution < -0.4 is 5.56 Å². The summed E-state index contributed by atoms with van der Waals surface area (Å²) in [5.41, 5.74) is 0.0806. The van der Waals surface area contributed by atoms with Crippen molar-refractivity contribution in [2.45, 2.75) is 70.7 Å². The van der Waals surface area contributed by atoms with E-state index in [1.54, 1.807) is 29.0 Å². The van der Waals surface area contributed by atoms with Gasteiger partial charge in [0.25, 0.3) is 5.56 Å². The van der Waals surface area contributed by atoms with Crippen LogP contribution in [0.4, 0.5) is 4.79 Å². The number of rotatable bonds is 7. The zero-order chi connectivity index (χ0) is 22.4. The molecule has 1 aromatic heterocycles. The number of hydrogen-bond donors (Lipinski definition) is 0. The van der Waals surface area contributed by atoms with E-state index in [2.05, 4.69) is 4.98 Å². The molecule has 1 saturated heterocycles. The van der Waals surface area contributed by atoms with Gasteiger partial charge in [0.05, 0.1) is 29.4 Å². The largest absolute Gasteiger partial charge is 0.444 e. The average molecular weight is 432 g/mol. The molecule has 2 heterocycles. The van der Waals surface area contributed by atoms with E-state index >= 15 is 0 Å². The number of aryl methyl sites for hydroxylation is 1. The van der Waals surface area contributed by atoms with Crippen LogP contribution in [-0.4, -0.2) is 58.7 Å². The fourth-order valence-electron chi connectivity index (χ4n) is 4.00. The van der Waals surface area contributed by atoms with Gasteiger partial charge in [0.1, 0.15) is 12.4 Å². The minimum atomic E-state index is -0.563. The number of ether oxygens (including phenoxy) is 3. The number of aromatic nitrogens is 2. The van der Waals surface area contributed by atoms with Crippen molar-refractivity contribution in [3.63, 3.8) is 0 Å². The average Bonchev–Trinajstić information content (AvgIpc) is 2.73. The minimum Gasteiger partial charge on any atom is -0.444 e. The molecule has 8 nitrogen and oxygen atoms in total. The SMILES string of the molecule is COCO[C@H]1CCCN(C(=O)OC(C)(C)C)[C@@H]1CCCn1cnc2ccccc2c1=O. The Morgan fingerprint density at radius 3 is 2.77 bits per heavy atom. The van der Waals surface area contributed by atoms with Crippen LogP contribution in [0.3, 0.4) is 0 Å². The molecule has 1 amide bonds. The summed E-state index contributed by atoms with van der Waals surface area (Å²) in [5, 5.41) is 0.611. The number of piperidine rings is 1. The summed E-state index contributed by atoms with van der Waals surface area (Å²) < 4.78 is 18.2. The molecule has 2 aromatic rings. The molecule has 170 valence electrons. The lowest BCUT2D eigenvalue weighted by Crippen LogP contribution is -2.53. The lowest BCUT2D eigenvalue weighted by Gasteiger charge is -2.41. The van der Waals surface area contributed by atoms with E-state index in [1.165, 1.54) is 0 Å². The van der Waals surface area contributed by atoms with Crippen molar-refractivity contribution >= 4 is 17.0 Å². The van der Waals surface area contributed by atoms with Crippen LogP contribution in [0.5, 0.6) is 0 Å². The number of fused-ring (bicyclic) bond motifs is 1. The van der Waals surface area contributed by atoms with E-state index in [0.717, 1.165) is 12.8 Å². The topological polar surface area (TPSA) is 82.9 Å². The Morgan fingerprint density at radius 1 is 1.26 bits per heavy atom. The van der Waals surface area contributed by atoms with Crippen molar-refractivity contribution in [2.24, 2.45) is 0 Å². The molecular formula is C23H33N3O5. The van der Waals surface area contributed by atoms with E-state index in [9.17, 15) is 9.59 Å². The Bertz CT molecular complexity index is 937. The number of methoxy groups -OCH3 is 1. The van der Waals surface area contributed by atoms with E-state index in [4.69, 9.17) is 14.2 Å². The summed E-state index contributed by atoms with van der Waals surface area (Å²) in [6, 6.07) is 7.20. The normalized spacial score (nSPS) is 19.5. The van der Waals surface area contributed by atoms with Crippen molar-refractivity contribution in [2.75, 3.05) is 20.4 Å². The highest BCUT2D eigenvalue weighted by molar-refractivity contribution is 5.76. The van der Waals surface area contributed by atoms with Gasteiger partial charge in [-0.3, -0.25) is 9.36 Å². The molecule has 3 rings (SSSR count). The fraction of sp³-hybridized carbons (Fsp3) is 0.609. The molecule has 0 radical (unpaired) electrons. The third-order valence-corrected chi connectivity index (χ3v) is 5.38. The molecule has 0 bridgehead atoms. The Labute approximate surface area is 183 Å². The maximum atomic E-state index is 12.8. The van der Waals surface area contributed by atoms with E-state index in [-0.39, 0.29) is 30.6 Å². The van der Waals surface area contributed by atoms with E-state index in [0.29, 0.717) is 36.8 Å². The summed E-state index contributed by atoms with van der Waals surface area (Å²) in [7, 11) is 1.59. The molecule has 2 atom stereocenters. The zero-order valence-corrected chi connectivity index (χ0v) is 18.9. The Hall–Kier alpha value is -2.45. The first-order valence-corrected chi connectivity index (χ1v) is 10.8. The number of hydrogen-bond acceptors (Lipinski definition) is 6. The van der Waals surface area contributed by atoms with Crippen LogP contribution in [0.1, 0.15) is 46.5 Å². The van der Waals surface area contributed by atoms with Gasteiger partial charge in [-0.15, -0.1) is 0 Å². The Kier molecular flexibility index (Phi) is 7.67. The quantitative estimate of drug-likeness (QED) is 0.624. The lowest BCUT2D eigenvalue weighted by molar-refractivity contribution is -0.115. The van der Waals surface area contributed by atoms with Crippen LogP contribution in [0.15, 0.2) is 35.4 Å². The number of nitrogens with zero attached hydrogens (tertiary/aromatic N) is 3. The Balaban J connectivity index is 1.71. The van der Waals surface area contributed by atoms with Crippen molar-refractivity contribution in [1.29, 1.82) is 0 Å². The molecule has 1 aromatic carbocycles. The minimum absolute atomic E-state index is 0.0505. The van der Waals surface area contributed by atoms with E-state index < -0.39 is 5.60 Å². The van der Waals surface area contributed by atoms with Gasteiger partial charge in [0.2, 0.25) is 0 Å². The van der Waals surface area contributed by atoms with Crippen LogP contribution in [-0.2, 0) is 20.8 Å². The summed E-state index contributed by atoms with van der Waals surface area (Å²) >= 11 is 0. The van der Waals surface area contributed by atoms with Gasteiger partial charge in [0, 0.05) is 20.2 Å². The summed E-state index contributed by atoms with van der Waals surface area (Å²) in [4.78, 5) is 31.7. The number of benzene rings is 1. The lowest BCUT2D eigenvalue weighted by atomic mass is 9.95. The number of carbonyl (C=O) groups excluding carboxylic acids is 1. The van der Waals surface area contributed by atoms with Crippen molar-refractivity contribution in [3.05, 3.63) is 40.9 Å². The molecule has 0 unspecified atom stereocenters.